The summed E-state index contributed by atoms with van der Waals surface area (Å²) in [7, 11) is 0. The van der Waals surface area contributed by atoms with Gasteiger partial charge in [0.05, 0.1) is 5.56 Å². The Morgan fingerprint density at radius 1 is 1.03 bits per heavy atom. The first kappa shape index (κ1) is 21.0. The van der Waals surface area contributed by atoms with Crippen molar-refractivity contribution in [3.63, 3.8) is 0 Å². The van der Waals surface area contributed by atoms with Gasteiger partial charge in [-0.1, -0.05) is 5.16 Å². The van der Waals surface area contributed by atoms with Crippen LogP contribution in [0.4, 0.5) is 27.6 Å². The van der Waals surface area contributed by atoms with E-state index in [1.165, 1.54) is 29.2 Å². The van der Waals surface area contributed by atoms with Gasteiger partial charge in [-0.3, -0.25) is 4.79 Å². The van der Waals surface area contributed by atoms with Crippen LogP contribution in [0.5, 0.6) is 0 Å². The molecule has 1 aliphatic heterocycles. The van der Waals surface area contributed by atoms with E-state index in [0.717, 1.165) is 12.1 Å². The molecule has 1 saturated heterocycles. The van der Waals surface area contributed by atoms with Crippen LogP contribution in [-0.4, -0.2) is 22.6 Å². The molecule has 0 N–H and O–H groups in total. The van der Waals surface area contributed by atoms with Gasteiger partial charge in [0.1, 0.15) is 11.6 Å². The van der Waals surface area contributed by atoms with Gasteiger partial charge in [0.15, 0.2) is 0 Å². The summed E-state index contributed by atoms with van der Waals surface area (Å²) in [6.07, 6.45) is -3.71. The zero-order valence-corrected chi connectivity index (χ0v) is 16.0. The van der Waals surface area contributed by atoms with Gasteiger partial charge in [0.25, 0.3) is 0 Å². The fraction of sp³-hybridized carbons (Fsp3) is 0.286. The van der Waals surface area contributed by atoms with Crippen LogP contribution in [0.3, 0.4) is 0 Å². The second kappa shape index (κ2) is 8.09. The standard InChI is InChI=1S/C21H16F5N3O2/c22-13-3-6-15(7-4-13)29-9-1-2-12(10-18(29)30)20-27-19(28-31-20)16-8-5-14(23)11-17(16)21(24,25)26/h3-8,11-12H,1-2,9-10H2. The fourth-order valence-electron chi connectivity index (χ4n) is 3.60. The lowest BCUT2D eigenvalue weighted by atomic mass is 10.0. The normalized spacial score (nSPS) is 17.6. The number of hydrogen-bond donors (Lipinski definition) is 0. The zero-order valence-electron chi connectivity index (χ0n) is 16.0. The molecule has 1 atom stereocenters. The molecule has 0 bridgehead atoms. The molecule has 0 saturated carbocycles. The average molecular weight is 437 g/mol. The van der Waals surface area contributed by atoms with Crippen LogP contribution < -0.4 is 4.90 Å². The number of halogens is 5. The molecule has 2 aromatic carbocycles. The number of carbonyl (C=O) groups excluding carboxylic acids is 1. The molecule has 4 rings (SSSR count). The van der Waals surface area contributed by atoms with Crippen molar-refractivity contribution < 1.29 is 31.3 Å². The van der Waals surface area contributed by atoms with Crippen LogP contribution in [0.1, 0.15) is 36.6 Å². The lowest BCUT2D eigenvalue weighted by Gasteiger charge is -2.20. The van der Waals surface area contributed by atoms with Crippen LogP contribution in [0.15, 0.2) is 47.0 Å². The number of amides is 1. The summed E-state index contributed by atoms with van der Waals surface area (Å²) in [5.41, 5.74) is -1.06. The van der Waals surface area contributed by atoms with Gasteiger partial charge in [-0.2, -0.15) is 18.2 Å². The van der Waals surface area contributed by atoms with Crippen molar-refractivity contribution in [2.45, 2.75) is 31.4 Å². The summed E-state index contributed by atoms with van der Waals surface area (Å²) in [6.45, 7) is 0.401. The monoisotopic (exact) mass is 437 g/mol. The Hall–Kier alpha value is -3.30. The zero-order chi connectivity index (χ0) is 22.2. The molecule has 162 valence electrons. The van der Waals surface area contributed by atoms with E-state index in [4.69, 9.17) is 4.52 Å². The minimum atomic E-state index is -4.80. The Morgan fingerprint density at radius 2 is 1.74 bits per heavy atom. The summed E-state index contributed by atoms with van der Waals surface area (Å²) in [5.74, 6) is -2.45. The van der Waals surface area contributed by atoms with Gasteiger partial charge in [-0.15, -0.1) is 0 Å². The number of carbonyl (C=O) groups is 1. The SMILES string of the molecule is O=C1CC(c2nc(-c3ccc(F)cc3C(F)(F)F)no2)CCCN1c1ccc(F)cc1. The Labute approximate surface area is 173 Å². The number of nitrogens with zero attached hydrogens (tertiary/aromatic N) is 3. The topological polar surface area (TPSA) is 59.2 Å². The largest absolute Gasteiger partial charge is 0.417 e. The second-order valence-electron chi connectivity index (χ2n) is 7.21. The number of benzene rings is 2. The highest BCUT2D eigenvalue weighted by Gasteiger charge is 2.36. The van der Waals surface area contributed by atoms with Crippen molar-refractivity contribution in [1.82, 2.24) is 10.1 Å². The quantitative estimate of drug-likeness (QED) is 0.520. The maximum absolute atomic E-state index is 13.3. The van der Waals surface area contributed by atoms with E-state index in [2.05, 4.69) is 10.1 Å². The van der Waals surface area contributed by atoms with E-state index in [1.54, 1.807) is 0 Å². The Kier molecular flexibility index (Phi) is 5.47. The molecule has 1 fully saturated rings. The molecule has 5 nitrogen and oxygen atoms in total. The van der Waals surface area contributed by atoms with Crippen LogP contribution in [0, 0.1) is 11.6 Å². The van der Waals surface area contributed by atoms with Crippen LogP contribution in [-0.2, 0) is 11.0 Å². The summed E-state index contributed by atoms with van der Waals surface area (Å²) in [6, 6.07) is 7.74. The minimum Gasteiger partial charge on any atom is -0.339 e. The van der Waals surface area contributed by atoms with Gasteiger partial charge in [0.2, 0.25) is 17.6 Å². The lowest BCUT2D eigenvalue weighted by Crippen LogP contribution is -2.30. The molecule has 1 amide bonds. The smallest absolute Gasteiger partial charge is 0.339 e. The summed E-state index contributed by atoms with van der Waals surface area (Å²) in [4.78, 5) is 18.3. The van der Waals surface area contributed by atoms with Crippen molar-refractivity contribution in [3.05, 3.63) is 65.6 Å². The van der Waals surface area contributed by atoms with E-state index in [9.17, 15) is 26.7 Å². The predicted molar refractivity (Wildman–Crippen MR) is 100 cm³/mol. The molecule has 0 aliphatic carbocycles. The van der Waals surface area contributed by atoms with Gasteiger partial charge < -0.3 is 9.42 Å². The molecule has 10 heteroatoms. The van der Waals surface area contributed by atoms with Gasteiger partial charge in [-0.05, 0) is 55.3 Å². The van der Waals surface area contributed by atoms with E-state index in [0.29, 0.717) is 31.1 Å². The Balaban J connectivity index is 1.58. The first-order chi connectivity index (χ1) is 14.7. The predicted octanol–water partition coefficient (Wildman–Crippen LogP) is 5.33. The van der Waals surface area contributed by atoms with Crippen LogP contribution in [0.25, 0.3) is 11.4 Å². The molecular formula is C21H16F5N3O2. The molecular weight excluding hydrogens is 421 g/mol. The van der Waals surface area contributed by atoms with Crippen molar-refractivity contribution in [1.29, 1.82) is 0 Å². The minimum absolute atomic E-state index is 0.00849. The number of alkyl halides is 3. The fourth-order valence-corrected chi connectivity index (χ4v) is 3.60. The Morgan fingerprint density at radius 3 is 2.45 bits per heavy atom. The molecule has 0 spiro atoms. The lowest BCUT2D eigenvalue weighted by molar-refractivity contribution is -0.137. The molecule has 3 aromatic rings. The van der Waals surface area contributed by atoms with Crippen molar-refractivity contribution >= 4 is 11.6 Å². The number of anilines is 1. The number of aromatic nitrogens is 2. The average Bonchev–Trinajstić information content (AvgIpc) is 3.12. The second-order valence-corrected chi connectivity index (χ2v) is 7.21. The van der Waals surface area contributed by atoms with Crippen LogP contribution >= 0.6 is 0 Å². The molecule has 31 heavy (non-hydrogen) atoms. The maximum Gasteiger partial charge on any atom is 0.417 e. The van der Waals surface area contributed by atoms with E-state index in [-0.39, 0.29) is 24.0 Å². The van der Waals surface area contributed by atoms with E-state index < -0.39 is 34.9 Å². The first-order valence-corrected chi connectivity index (χ1v) is 9.49. The van der Waals surface area contributed by atoms with Crippen LogP contribution in [0.2, 0.25) is 0 Å². The third-order valence-corrected chi connectivity index (χ3v) is 5.11. The first-order valence-electron chi connectivity index (χ1n) is 9.49. The molecule has 1 aliphatic rings. The van der Waals surface area contributed by atoms with Gasteiger partial charge >= 0.3 is 6.18 Å². The molecule has 0 radical (unpaired) electrons. The summed E-state index contributed by atoms with van der Waals surface area (Å²) >= 11 is 0. The Bertz CT molecular complexity index is 1100. The molecule has 1 aromatic heterocycles. The van der Waals surface area contributed by atoms with Gasteiger partial charge in [-0.25, -0.2) is 8.78 Å². The highest BCUT2D eigenvalue weighted by molar-refractivity contribution is 5.94. The van der Waals surface area contributed by atoms with Crippen molar-refractivity contribution in [3.8, 4) is 11.4 Å². The van der Waals surface area contributed by atoms with Crippen molar-refractivity contribution in [2.75, 3.05) is 11.4 Å². The van der Waals surface area contributed by atoms with Gasteiger partial charge in [0, 0.05) is 30.1 Å². The third-order valence-electron chi connectivity index (χ3n) is 5.11. The summed E-state index contributed by atoms with van der Waals surface area (Å²) < 4.78 is 71.5. The molecule has 1 unspecified atom stereocenters. The molecule has 2 heterocycles. The highest BCUT2D eigenvalue weighted by Crippen LogP contribution is 2.37. The third kappa shape index (κ3) is 4.42. The number of rotatable bonds is 3. The van der Waals surface area contributed by atoms with E-state index >= 15 is 0 Å². The maximum atomic E-state index is 13.3. The number of hydrogen-bond acceptors (Lipinski definition) is 4. The summed E-state index contributed by atoms with van der Waals surface area (Å²) in [5, 5.41) is 3.63. The van der Waals surface area contributed by atoms with E-state index in [1.807, 2.05) is 0 Å². The highest BCUT2D eigenvalue weighted by atomic mass is 19.4. The van der Waals surface area contributed by atoms with Crippen molar-refractivity contribution in [2.24, 2.45) is 0 Å².